The van der Waals surface area contributed by atoms with Gasteiger partial charge in [0.1, 0.15) is 0 Å². The zero-order valence-corrected chi connectivity index (χ0v) is 42.2. The average molecular weight is 1210 g/mol. The predicted octanol–water partition coefficient (Wildman–Crippen LogP) is 14.2. The maximum Gasteiger partial charge on any atom is 0.155 e. The monoisotopic (exact) mass is 1210 g/mol. The maximum absolute atomic E-state index is 10.0. The second kappa shape index (κ2) is 24.5. The molecule has 4 aromatic heterocycles. The number of aliphatic hydroxyl groups is 2. The van der Waals surface area contributed by atoms with Crippen LogP contribution in [0.3, 0.4) is 0 Å². The minimum Gasteiger partial charge on any atom is -0.512 e. The number of hydrogen-bond donors (Lipinski definition) is 2. The molecule has 0 aliphatic rings. The molecule has 0 bridgehead atoms. The Kier molecular flexibility index (Phi) is 20.2. The Morgan fingerprint density at radius 2 is 1.00 bits per heavy atom. The van der Waals surface area contributed by atoms with Crippen LogP contribution in [0.25, 0.3) is 63.6 Å². The first-order valence-electron chi connectivity index (χ1n) is 19.3. The summed E-state index contributed by atoms with van der Waals surface area (Å²) in [6.07, 6.45) is 6.27. The van der Waals surface area contributed by atoms with Crippen LogP contribution in [0.1, 0.15) is 49.9 Å². The summed E-state index contributed by atoms with van der Waals surface area (Å²) in [6, 6.07) is 44.4. The van der Waals surface area contributed by atoms with Crippen molar-refractivity contribution in [2.45, 2.75) is 55.4 Å². The normalized spacial score (nSPS) is 10.8. The summed E-state index contributed by atoms with van der Waals surface area (Å²) in [5.41, 5.74) is 11.9. The zero-order valence-electron chi connectivity index (χ0n) is 35.8. The minimum absolute atomic E-state index is 0. The van der Waals surface area contributed by atoms with E-state index < -0.39 is 0 Å². The second-order valence-electron chi connectivity index (χ2n) is 14.4. The fourth-order valence-electron chi connectivity index (χ4n) is 6.41. The van der Waals surface area contributed by atoms with Crippen molar-refractivity contribution in [3.05, 3.63) is 180 Å². The quantitative estimate of drug-likeness (QED) is 0.0977. The van der Waals surface area contributed by atoms with Crippen molar-refractivity contribution >= 4 is 54.4 Å². The van der Waals surface area contributed by atoms with Gasteiger partial charge in [0.15, 0.2) is 11.6 Å². The summed E-state index contributed by atoms with van der Waals surface area (Å²) < 4.78 is 2.53. The molecule has 0 atom stereocenters. The largest absolute Gasteiger partial charge is 0.512 e. The number of carbonyl (C=O) groups is 2. The van der Waals surface area contributed by atoms with Crippen molar-refractivity contribution in [3.8, 4) is 43.4 Å². The standard InChI is InChI=1S/C22H18NS.C20H14NS.2C5H8O2.2Ir/c1-14-9-15(2)22(16(3)10-14)21-11-18-13-23-19(12-20(18)24-21)17-7-5-4-6-8-17;1-14-7-9-16(10-8-14)19-11-17-13-21-18(12-20(17)22-19)15-5-3-2-4-6-15;2*1-4(6)3-5(2)7;;/h4-7,9-13H,1-3H3;2-5,7-13H,1H3;2*3,6H,1-2H3;;/q2*-1;;;;. The summed E-state index contributed by atoms with van der Waals surface area (Å²) >= 11 is 3.65. The van der Waals surface area contributed by atoms with Crippen molar-refractivity contribution < 1.29 is 60.0 Å². The first-order valence-corrected chi connectivity index (χ1v) is 20.9. The smallest absolute Gasteiger partial charge is 0.155 e. The molecule has 322 valence electrons. The van der Waals surface area contributed by atoms with E-state index in [1.54, 1.807) is 0 Å². The van der Waals surface area contributed by atoms with Crippen molar-refractivity contribution in [3.63, 3.8) is 0 Å². The van der Waals surface area contributed by atoms with Gasteiger partial charge in [-0.05, 0) is 101 Å². The molecule has 8 aromatic rings. The molecule has 0 fully saturated rings. The summed E-state index contributed by atoms with van der Waals surface area (Å²) in [4.78, 5) is 31.8. The van der Waals surface area contributed by atoms with Crippen molar-refractivity contribution in [2.24, 2.45) is 0 Å². The molecule has 2 N–H and O–H groups in total. The number of ketones is 2. The van der Waals surface area contributed by atoms with Crippen molar-refractivity contribution in [1.29, 1.82) is 0 Å². The zero-order chi connectivity index (χ0) is 43.3. The second-order valence-corrected chi connectivity index (χ2v) is 16.6. The summed E-state index contributed by atoms with van der Waals surface area (Å²) in [5.74, 6) is -0.125. The summed E-state index contributed by atoms with van der Waals surface area (Å²) in [5, 5.41) is 19.1. The molecule has 10 heteroatoms. The molecule has 0 saturated carbocycles. The SMILES string of the molecule is CC(=O)C=C(C)O.CC(=O)C=C(C)O.Cc1cc(C)c(-c2cc3cnc(-c4[c-]cccc4)cc3s2)c(C)c1.Cc1ccc(-c2cc3cnc(-c4[c-]cccc4)cc3s2)cc1.[Ir].[Ir]. The van der Waals surface area contributed by atoms with Gasteiger partial charge in [0, 0.05) is 94.7 Å². The molecule has 0 saturated heterocycles. The molecule has 6 nitrogen and oxygen atoms in total. The van der Waals surface area contributed by atoms with Gasteiger partial charge in [-0.3, -0.25) is 9.59 Å². The van der Waals surface area contributed by atoms with E-state index in [9.17, 15) is 9.59 Å². The molecule has 4 heterocycles. The van der Waals surface area contributed by atoms with Gasteiger partial charge >= 0.3 is 0 Å². The Hall–Kier alpha value is -5.18. The van der Waals surface area contributed by atoms with Crippen molar-refractivity contribution in [1.82, 2.24) is 9.97 Å². The van der Waals surface area contributed by atoms with Gasteiger partial charge < -0.3 is 20.2 Å². The molecule has 0 amide bonds. The Morgan fingerprint density at radius 1 is 0.565 bits per heavy atom. The number of carbonyl (C=O) groups excluding carboxylic acids is 2. The van der Waals surface area contributed by atoms with Crippen LogP contribution < -0.4 is 0 Å². The van der Waals surface area contributed by atoms with Gasteiger partial charge in [0.2, 0.25) is 0 Å². The van der Waals surface area contributed by atoms with Crippen LogP contribution in [0.15, 0.2) is 145 Å². The van der Waals surface area contributed by atoms with Crippen LogP contribution in [0.5, 0.6) is 0 Å². The minimum atomic E-state index is -0.125. The van der Waals surface area contributed by atoms with E-state index in [-0.39, 0.29) is 63.3 Å². The third kappa shape index (κ3) is 15.0. The molecule has 0 aliphatic carbocycles. The number of hydrogen-bond acceptors (Lipinski definition) is 8. The molecule has 0 unspecified atom stereocenters. The maximum atomic E-state index is 10.0. The van der Waals surface area contributed by atoms with Crippen LogP contribution >= 0.6 is 22.7 Å². The molecule has 4 aromatic carbocycles. The third-order valence-electron chi connectivity index (χ3n) is 8.86. The van der Waals surface area contributed by atoms with E-state index in [2.05, 4.69) is 117 Å². The number of nitrogens with zero attached hydrogens (tertiary/aromatic N) is 2. The number of thiophene rings is 2. The van der Waals surface area contributed by atoms with Crippen molar-refractivity contribution in [2.75, 3.05) is 0 Å². The number of benzene rings is 4. The van der Waals surface area contributed by atoms with E-state index in [0.717, 1.165) is 22.5 Å². The molecule has 0 spiro atoms. The number of aryl methyl sites for hydroxylation is 4. The number of pyridine rings is 2. The van der Waals surface area contributed by atoms with E-state index in [0.29, 0.717) is 0 Å². The molecule has 0 aliphatic heterocycles. The van der Waals surface area contributed by atoms with Crippen LogP contribution in [0.2, 0.25) is 0 Å². The Balaban J connectivity index is 0.000000249. The summed E-state index contributed by atoms with van der Waals surface area (Å²) in [6.45, 7) is 14.4. The number of aliphatic hydroxyl groups excluding tert-OH is 2. The van der Waals surface area contributed by atoms with Crippen LogP contribution in [0, 0.1) is 39.8 Å². The number of rotatable bonds is 6. The van der Waals surface area contributed by atoms with Gasteiger partial charge in [-0.25, -0.2) is 0 Å². The van der Waals surface area contributed by atoms with Gasteiger partial charge in [-0.1, -0.05) is 59.7 Å². The molecule has 8 rings (SSSR count). The topological polar surface area (TPSA) is 100 Å². The van der Waals surface area contributed by atoms with Gasteiger partial charge in [-0.15, -0.1) is 94.5 Å². The molecule has 2 radical (unpaired) electrons. The number of fused-ring (bicyclic) bond motifs is 2. The van der Waals surface area contributed by atoms with Gasteiger partial charge in [-0.2, -0.15) is 0 Å². The van der Waals surface area contributed by atoms with E-state index >= 15 is 0 Å². The Morgan fingerprint density at radius 3 is 1.39 bits per heavy atom. The number of allylic oxidation sites excluding steroid dienone is 4. The van der Waals surface area contributed by atoms with E-state index in [4.69, 9.17) is 10.2 Å². The fraction of sp³-hybridized carbons (Fsp3) is 0.154. The first-order chi connectivity index (χ1) is 28.7. The predicted molar refractivity (Wildman–Crippen MR) is 252 cm³/mol. The molecular formula is C52H48Ir2N2O4S2-2. The van der Waals surface area contributed by atoms with Crippen LogP contribution in [-0.4, -0.2) is 31.7 Å². The van der Waals surface area contributed by atoms with Crippen LogP contribution in [-0.2, 0) is 49.8 Å². The fourth-order valence-corrected chi connectivity index (χ4v) is 8.73. The summed E-state index contributed by atoms with van der Waals surface area (Å²) in [7, 11) is 0. The molecule has 62 heavy (non-hydrogen) atoms. The Bertz CT molecular complexity index is 2740. The van der Waals surface area contributed by atoms with Crippen LogP contribution in [0.4, 0.5) is 0 Å². The van der Waals surface area contributed by atoms with Gasteiger partial charge in [0.05, 0.1) is 11.5 Å². The Labute approximate surface area is 399 Å². The first kappa shape index (κ1) is 51.2. The van der Waals surface area contributed by atoms with Gasteiger partial charge in [0.25, 0.3) is 0 Å². The molecular weight excluding hydrogens is 1170 g/mol. The average Bonchev–Trinajstić information content (AvgIpc) is 3.82. The number of aromatic nitrogens is 2. The van der Waals surface area contributed by atoms with E-state index in [1.165, 1.54) is 103 Å². The van der Waals surface area contributed by atoms with E-state index in [1.807, 2.05) is 77.5 Å². The third-order valence-corrected chi connectivity index (χ3v) is 11.1.